The Morgan fingerprint density at radius 2 is 1.50 bits per heavy atom. The van der Waals surface area contributed by atoms with E-state index in [4.69, 9.17) is 18.9 Å². The van der Waals surface area contributed by atoms with Gasteiger partial charge in [-0.3, -0.25) is 9.71 Å². The van der Waals surface area contributed by atoms with Crippen molar-refractivity contribution in [2.24, 2.45) is 0 Å². The highest BCUT2D eigenvalue weighted by atomic mass is 32.2. The van der Waals surface area contributed by atoms with E-state index in [9.17, 15) is 8.42 Å². The molecule has 0 aliphatic rings. The number of fused-ring (bicyclic) bond motifs is 2. The molecule has 0 aliphatic heterocycles. The number of hydrogen-bond acceptors (Lipinski definition) is 8. The average Bonchev–Trinajstić information content (AvgIpc) is 3.34. The van der Waals surface area contributed by atoms with E-state index >= 15 is 0 Å². The fourth-order valence-electron chi connectivity index (χ4n) is 3.84. The van der Waals surface area contributed by atoms with Crippen LogP contribution in [0.5, 0.6) is 28.7 Å². The number of ether oxygens (including phenoxy) is 4. The molecule has 0 radical (unpaired) electrons. The van der Waals surface area contributed by atoms with Gasteiger partial charge in [-0.15, -0.1) is 11.3 Å². The number of nitrogens with one attached hydrogen (secondary N) is 1. The minimum Gasteiger partial charge on any atom is -0.493 e. The first-order valence-corrected chi connectivity index (χ1v) is 13.2. The second-order valence-electron chi connectivity index (χ2n) is 7.70. The Bertz CT molecular complexity index is 1680. The highest BCUT2D eigenvalue weighted by molar-refractivity contribution is 7.93. The number of pyridine rings is 1. The van der Waals surface area contributed by atoms with Gasteiger partial charge in [0, 0.05) is 39.2 Å². The van der Waals surface area contributed by atoms with Crippen LogP contribution in [0.4, 0.5) is 5.69 Å². The third-order valence-corrected chi connectivity index (χ3v) is 8.11. The SMILES string of the molecule is COc1cc2nccc(Oc3ccc(NS(=O)(=O)c4csc5ccccc45)cc3OC)c2cc1OC. The number of sulfonamides is 1. The second kappa shape index (κ2) is 9.56. The van der Waals surface area contributed by atoms with Gasteiger partial charge in [0.05, 0.1) is 32.5 Å². The van der Waals surface area contributed by atoms with E-state index in [0.717, 1.165) is 4.70 Å². The summed E-state index contributed by atoms with van der Waals surface area (Å²) in [5.41, 5.74) is 1.01. The zero-order valence-corrected chi connectivity index (χ0v) is 21.3. The molecule has 0 bridgehead atoms. The van der Waals surface area contributed by atoms with Gasteiger partial charge in [0.25, 0.3) is 10.0 Å². The summed E-state index contributed by atoms with van der Waals surface area (Å²) >= 11 is 1.38. The Balaban J connectivity index is 1.46. The van der Waals surface area contributed by atoms with E-state index < -0.39 is 10.0 Å². The lowest BCUT2D eigenvalue weighted by Gasteiger charge is -2.15. The number of nitrogens with zero attached hydrogens (tertiary/aromatic N) is 1. The molecule has 0 saturated carbocycles. The topological polar surface area (TPSA) is 96.0 Å². The monoisotopic (exact) mass is 522 g/mol. The number of hydrogen-bond donors (Lipinski definition) is 1. The van der Waals surface area contributed by atoms with Gasteiger partial charge in [0.2, 0.25) is 0 Å². The molecule has 0 amide bonds. The summed E-state index contributed by atoms with van der Waals surface area (Å²) in [6.07, 6.45) is 1.63. The first-order valence-electron chi connectivity index (χ1n) is 10.8. The third kappa shape index (κ3) is 4.36. The third-order valence-electron chi connectivity index (χ3n) is 5.58. The van der Waals surface area contributed by atoms with E-state index in [-0.39, 0.29) is 4.90 Å². The lowest BCUT2D eigenvalue weighted by molar-refractivity contribution is 0.355. The molecule has 2 heterocycles. The van der Waals surface area contributed by atoms with Crippen molar-refractivity contribution in [1.82, 2.24) is 4.98 Å². The van der Waals surface area contributed by atoms with E-state index in [1.165, 1.54) is 18.4 Å². The Kier molecular flexibility index (Phi) is 6.29. The highest BCUT2D eigenvalue weighted by Gasteiger charge is 2.20. The normalized spacial score (nSPS) is 11.4. The van der Waals surface area contributed by atoms with Crippen molar-refractivity contribution in [2.75, 3.05) is 26.1 Å². The van der Waals surface area contributed by atoms with E-state index in [1.54, 1.807) is 68.3 Å². The molecule has 184 valence electrons. The Morgan fingerprint density at radius 1 is 0.778 bits per heavy atom. The maximum absolute atomic E-state index is 13.1. The van der Waals surface area contributed by atoms with E-state index in [2.05, 4.69) is 9.71 Å². The summed E-state index contributed by atoms with van der Waals surface area (Å²) in [5, 5.41) is 3.03. The maximum atomic E-state index is 13.1. The Labute approximate surface area is 212 Å². The van der Waals surface area contributed by atoms with Crippen LogP contribution in [0.1, 0.15) is 0 Å². The molecule has 1 N–H and O–H groups in total. The van der Waals surface area contributed by atoms with Gasteiger partial charge in [0.15, 0.2) is 23.0 Å². The van der Waals surface area contributed by atoms with Gasteiger partial charge in [-0.25, -0.2) is 8.42 Å². The van der Waals surface area contributed by atoms with Crippen LogP contribution < -0.4 is 23.7 Å². The van der Waals surface area contributed by atoms with Gasteiger partial charge < -0.3 is 18.9 Å². The number of aromatic nitrogens is 1. The Hall–Kier alpha value is -4.02. The molecule has 36 heavy (non-hydrogen) atoms. The predicted molar refractivity (Wildman–Crippen MR) is 141 cm³/mol. The minimum absolute atomic E-state index is 0.232. The first-order chi connectivity index (χ1) is 17.4. The number of methoxy groups -OCH3 is 3. The Morgan fingerprint density at radius 3 is 2.28 bits per heavy atom. The molecule has 2 aromatic heterocycles. The summed E-state index contributed by atoms with van der Waals surface area (Å²) < 4.78 is 52.2. The van der Waals surface area contributed by atoms with E-state index in [0.29, 0.717) is 50.7 Å². The molecule has 5 rings (SSSR count). The van der Waals surface area contributed by atoms with Crippen LogP contribution >= 0.6 is 11.3 Å². The van der Waals surface area contributed by atoms with Crippen LogP contribution in [0, 0.1) is 0 Å². The van der Waals surface area contributed by atoms with Crippen molar-refractivity contribution in [1.29, 1.82) is 0 Å². The molecule has 5 aromatic rings. The van der Waals surface area contributed by atoms with Gasteiger partial charge >= 0.3 is 0 Å². The summed E-state index contributed by atoms with van der Waals surface area (Å²) in [6, 6.07) is 17.5. The molecule has 0 saturated heterocycles. The van der Waals surface area contributed by atoms with Crippen molar-refractivity contribution in [3.05, 3.63) is 72.2 Å². The highest BCUT2D eigenvalue weighted by Crippen LogP contribution is 2.40. The second-order valence-corrected chi connectivity index (χ2v) is 10.3. The summed E-state index contributed by atoms with van der Waals surface area (Å²) in [6.45, 7) is 0. The first kappa shape index (κ1) is 23.7. The van der Waals surface area contributed by atoms with Gasteiger partial charge in [-0.1, -0.05) is 18.2 Å². The van der Waals surface area contributed by atoms with Crippen LogP contribution in [0.2, 0.25) is 0 Å². The molecule has 0 aliphatic carbocycles. The summed E-state index contributed by atoms with van der Waals surface area (Å²) in [4.78, 5) is 4.62. The fraction of sp³-hybridized carbons (Fsp3) is 0.115. The van der Waals surface area contributed by atoms with Crippen molar-refractivity contribution in [3.8, 4) is 28.7 Å². The maximum Gasteiger partial charge on any atom is 0.263 e. The lowest BCUT2D eigenvalue weighted by atomic mass is 10.1. The van der Waals surface area contributed by atoms with Crippen molar-refractivity contribution < 1.29 is 27.4 Å². The molecule has 0 unspecified atom stereocenters. The molecule has 10 heteroatoms. The smallest absolute Gasteiger partial charge is 0.263 e. The molecular weight excluding hydrogens is 500 g/mol. The molecule has 3 aromatic carbocycles. The van der Waals surface area contributed by atoms with Crippen LogP contribution in [-0.2, 0) is 10.0 Å². The van der Waals surface area contributed by atoms with Crippen LogP contribution in [0.25, 0.3) is 21.0 Å². The number of anilines is 1. The zero-order valence-electron chi connectivity index (χ0n) is 19.6. The predicted octanol–water partition coefficient (Wildman–Crippen LogP) is 6.07. The van der Waals surface area contributed by atoms with Crippen molar-refractivity contribution in [2.45, 2.75) is 4.90 Å². The number of benzene rings is 3. The fourth-order valence-corrected chi connectivity index (χ4v) is 6.40. The number of thiophene rings is 1. The summed E-state index contributed by atoms with van der Waals surface area (Å²) in [5.74, 6) is 2.39. The van der Waals surface area contributed by atoms with Crippen molar-refractivity contribution in [3.63, 3.8) is 0 Å². The zero-order chi connectivity index (χ0) is 25.3. The van der Waals surface area contributed by atoms with Gasteiger partial charge in [-0.05, 0) is 30.3 Å². The van der Waals surface area contributed by atoms with Crippen molar-refractivity contribution >= 4 is 48.0 Å². The largest absolute Gasteiger partial charge is 0.493 e. The van der Waals surface area contributed by atoms with Gasteiger partial charge in [-0.2, -0.15) is 0 Å². The van der Waals surface area contributed by atoms with Crippen LogP contribution in [0.3, 0.4) is 0 Å². The molecular formula is C26H22N2O6S2. The van der Waals surface area contributed by atoms with Gasteiger partial charge in [0.1, 0.15) is 10.6 Å². The van der Waals surface area contributed by atoms with Crippen LogP contribution in [-0.4, -0.2) is 34.7 Å². The molecule has 0 spiro atoms. The van der Waals surface area contributed by atoms with E-state index in [1.807, 2.05) is 18.2 Å². The number of rotatable bonds is 8. The molecule has 0 fully saturated rings. The molecule has 0 atom stereocenters. The lowest BCUT2D eigenvalue weighted by Crippen LogP contribution is -2.12. The minimum atomic E-state index is -3.81. The average molecular weight is 523 g/mol. The summed E-state index contributed by atoms with van der Waals surface area (Å²) in [7, 11) is 0.804. The molecule has 8 nitrogen and oxygen atoms in total. The quantitative estimate of drug-likeness (QED) is 0.264. The van der Waals surface area contributed by atoms with Crippen LogP contribution in [0.15, 0.2) is 77.1 Å². The standard InChI is InChI=1S/C26H22N2O6S2/c1-31-22-12-16(28-36(29,30)26-15-35-25-7-5-4-6-17(25)26)8-9-21(22)34-20-10-11-27-19-14-24(33-3)23(32-2)13-18(19)20/h4-15,28H,1-3H3.